The van der Waals surface area contributed by atoms with E-state index < -0.39 is 0 Å². The van der Waals surface area contributed by atoms with Gasteiger partial charge >= 0.3 is 0 Å². The number of piperidine rings is 1. The molecule has 0 aromatic heterocycles. The summed E-state index contributed by atoms with van der Waals surface area (Å²) in [5.74, 6) is 0.454. The van der Waals surface area contributed by atoms with Gasteiger partial charge in [-0.25, -0.2) is 4.39 Å². The Kier molecular flexibility index (Phi) is 2.24. The highest BCUT2D eigenvalue weighted by atomic mass is 19.1. The van der Waals surface area contributed by atoms with Crippen LogP contribution in [-0.4, -0.2) is 25.3 Å². The zero-order valence-corrected chi connectivity index (χ0v) is 8.96. The van der Waals surface area contributed by atoms with Crippen LogP contribution in [0.1, 0.15) is 12.8 Å². The molecule has 2 aliphatic rings. The Labute approximate surface area is 93.6 Å². The summed E-state index contributed by atoms with van der Waals surface area (Å²) in [7, 11) is 0. The van der Waals surface area contributed by atoms with Crippen molar-refractivity contribution in [3.05, 3.63) is 24.0 Å². The minimum absolute atomic E-state index is 0.274. The Bertz CT molecular complexity index is 402. The lowest BCUT2D eigenvalue weighted by Crippen LogP contribution is -2.52. The van der Waals surface area contributed by atoms with Gasteiger partial charge in [-0.1, -0.05) is 6.07 Å². The Morgan fingerprint density at radius 2 is 2.06 bits per heavy atom. The number of ether oxygens (including phenoxy) is 2. The zero-order chi connectivity index (χ0) is 11.0. The van der Waals surface area contributed by atoms with Crippen LogP contribution in [0.15, 0.2) is 18.2 Å². The number of nitrogens with one attached hydrogen (secondary N) is 1. The van der Waals surface area contributed by atoms with Crippen molar-refractivity contribution < 1.29 is 13.9 Å². The Balaban J connectivity index is 1.92. The van der Waals surface area contributed by atoms with Crippen molar-refractivity contribution in [2.75, 3.05) is 19.7 Å². The highest BCUT2D eigenvalue weighted by molar-refractivity contribution is 5.42. The summed E-state index contributed by atoms with van der Waals surface area (Å²) in [6.07, 6.45) is 1.72. The molecule has 0 unspecified atom stereocenters. The standard InChI is InChI=1S/C12H14FNO2/c13-9-2-1-3-10-11(9)16-12(8-15-10)4-6-14-7-5-12/h1-3,14H,4-8H2. The van der Waals surface area contributed by atoms with Crippen LogP contribution in [0.2, 0.25) is 0 Å². The molecule has 1 aromatic rings. The van der Waals surface area contributed by atoms with Crippen LogP contribution in [-0.2, 0) is 0 Å². The Hall–Kier alpha value is -1.29. The van der Waals surface area contributed by atoms with E-state index >= 15 is 0 Å². The Morgan fingerprint density at radius 3 is 2.88 bits per heavy atom. The van der Waals surface area contributed by atoms with Crippen molar-refractivity contribution in [2.24, 2.45) is 0 Å². The van der Waals surface area contributed by atoms with Crippen molar-refractivity contribution >= 4 is 0 Å². The quantitative estimate of drug-likeness (QED) is 0.726. The van der Waals surface area contributed by atoms with Gasteiger partial charge in [-0.2, -0.15) is 0 Å². The molecular formula is C12H14FNO2. The van der Waals surface area contributed by atoms with Crippen LogP contribution in [0.5, 0.6) is 11.5 Å². The molecule has 16 heavy (non-hydrogen) atoms. The fourth-order valence-corrected chi connectivity index (χ4v) is 2.29. The van der Waals surface area contributed by atoms with Gasteiger partial charge in [-0.3, -0.25) is 0 Å². The second-order valence-electron chi connectivity index (χ2n) is 4.39. The van der Waals surface area contributed by atoms with Gasteiger partial charge in [0.15, 0.2) is 17.3 Å². The second kappa shape index (κ2) is 3.63. The van der Waals surface area contributed by atoms with Gasteiger partial charge in [-0.05, 0) is 25.2 Å². The van der Waals surface area contributed by atoms with Gasteiger partial charge < -0.3 is 14.8 Å². The van der Waals surface area contributed by atoms with Crippen LogP contribution in [0.25, 0.3) is 0 Å². The second-order valence-corrected chi connectivity index (χ2v) is 4.39. The molecule has 1 fully saturated rings. The number of para-hydroxylation sites is 1. The van der Waals surface area contributed by atoms with Gasteiger partial charge in [0.1, 0.15) is 12.2 Å². The van der Waals surface area contributed by atoms with E-state index in [1.54, 1.807) is 12.1 Å². The molecule has 3 rings (SSSR count). The van der Waals surface area contributed by atoms with Gasteiger partial charge in [-0.15, -0.1) is 0 Å². The average molecular weight is 223 g/mol. The smallest absolute Gasteiger partial charge is 0.197 e. The molecule has 3 nitrogen and oxygen atoms in total. The molecule has 2 heterocycles. The maximum atomic E-state index is 13.6. The molecule has 4 heteroatoms. The van der Waals surface area contributed by atoms with E-state index in [0.29, 0.717) is 12.4 Å². The summed E-state index contributed by atoms with van der Waals surface area (Å²) >= 11 is 0. The van der Waals surface area contributed by atoms with Crippen LogP contribution in [0.3, 0.4) is 0 Å². The first-order valence-corrected chi connectivity index (χ1v) is 5.60. The number of fused-ring (bicyclic) bond motifs is 1. The molecule has 1 spiro atoms. The van der Waals surface area contributed by atoms with E-state index in [4.69, 9.17) is 9.47 Å². The fourth-order valence-electron chi connectivity index (χ4n) is 2.29. The predicted octanol–water partition coefficient (Wildman–Crippen LogP) is 1.72. The highest BCUT2D eigenvalue weighted by Crippen LogP contribution is 2.40. The number of hydrogen-bond acceptors (Lipinski definition) is 3. The number of hydrogen-bond donors (Lipinski definition) is 1. The lowest BCUT2D eigenvalue weighted by molar-refractivity contribution is -0.0334. The summed E-state index contributed by atoms with van der Waals surface area (Å²) in [4.78, 5) is 0. The SMILES string of the molecule is Fc1cccc2c1OC1(CCNCC1)CO2. The molecule has 2 aliphatic heterocycles. The van der Waals surface area contributed by atoms with Crippen molar-refractivity contribution in [1.82, 2.24) is 5.32 Å². The van der Waals surface area contributed by atoms with E-state index in [9.17, 15) is 4.39 Å². The predicted molar refractivity (Wildman–Crippen MR) is 57.4 cm³/mol. The molecule has 0 aliphatic carbocycles. The number of halogens is 1. The summed E-state index contributed by atoms with van der Waals surface area (Å²) in [6.45, 7) is 2.31. The molecule has 0 radical (unpaired) electrons. The molecule has 0 bridgehead atoms. The molecule has 0 amide bonds. The first-order valence-electron chi connectivity index (χ1n) is 5.60. The van der Waals surface area contributed by atoms with Crippen LogP contribution in [0.4, 0.5) is 4.39 Å². The Morgan fingerprint density at radius 1 is 1.25 bits per heavy atom. The molecule has 86 valence electrons. The van der Waals surface area contributed by atoms with E-state index in [0.717, 1.165) is 25.9 Å². The maximum Gasteiger partial charge on any atom is 0.197 e. The third-order valence-electron chi connectivity index (χ3n) is 3.25. The van der Waals surface area contributed by atoms with Gasteiger partial charge in [0.05, 0.1) is 0 Å². The van der Waals surface area contributed by atoms with Gasteiger partial charge in [0.25, 0.3) is 0 Å². The monoisotopic (exact) mass is 223 g/mol. The maximum absolute atomic E-state index is 13.6. The van der Waals surface area contributed by atoms with E-state index in [1.807, 2.05) is 0 Å². The third kappa shape index (κ3) is 1.53. The molecular weight excluding hydrogens is 209 g/mol. The topological polar surface area (TPSA) is 30.5 Å². The lowest BCUT2D eigenvalue weighted by atomic mass is 9.92. The van der Waals surface area contributed by atoms with Crippen molar-refractivity contribution in [3.63, 3.8) is 0 Å². The normalized spacial score (nSPS) is 22.1. The summed E-state index contributed by atoms with van der Waals surface area (Å²) in [5, 5.41) is 3.27. The minimum Gasteiger partial charge on any atom is -0.485 e. The summed E-state index contributed by atoms with van der Waals surface area (Å²) < 4.78 is 25.0. The molecule has 1 N–H and O–H groups in total. The van der Waals surface area contributed by atoms with Crippen LogP contribution < -0.4 is 14.8 Å². The summed E-state index contributed by atoms with van der Waals surface area (Å²) in [5.41, 5.74) is -0.333. The van der Waals surface area contributed by atoms with E-state index in [-0.39, 0.29) is 17.2 Å². The van der Waals surface area contributed by atoms with Crippen LogP contribution >= 0.6 is 0 Å². The first-order chi connectivity index (χ1) is 7.79. The molecule has 0 atom stereocenters. The fraction of sp³-hybridized carbons (Fsp3) is 0.500. The average Bonchev–Trinajstić information content (AvgIpc) is 2.32. The van der Waals surface area contributed by atoms with E-state index in [2.05, 4.69) is 5.32 Å². The first kappa shape index (κ1) is 9.90. The molecule has 1 saturated heterocycles. The van der Waals surface area contributed by atoms with Gasteiger partial charge in [0.2, 0.25) is 0 Å². The van der Waals surface area contributed by atoms with Gasteiger partial charge in [0, 0.05) is 12.8 Å². The van der Waals surface area contributed by atoms with E-state index in [1.165, 1.54) is 6.07 Å². The summed E-state index contributed by atoms with van der Waals surface area (Å²) in [6, 6.07) is 4.78. The third-order valence-corrected chi connectivity index (χ3v) is 3.25. The highest BCUT2D eigenvalue weighted by Gasteiger charge is 2.39. The zero-order valence-electron chi connectivity index (χ0n) is 8.96. The van der Waals surface area contributed by atoms with Crippen molar-refractivity contribution in [2.45, 2.75) is 18.4 Å². The lowest BCUT2D eigenvalue weighted by Gasteiger charge is -2.41. The largest absolute Gasteiger partial charge is 0.485 e. The molecule has 1 aromatic carbocycles. The van der Waals surface area contributed by atoms with Crippen LogP contribution in [0, 0.1) is 5.82 Å². The van der Waals surface area contributed by atoms with Crippen molar-refractivity contribution in [1.29, 1.82) is 0 Å². The molecule has 0 saturated carbocycles. The number of benzene rings is 1. The number of rotatable bonds is 0. The van der Waals surface area contributed by atoms with Crippen molar-refractivity contribution in [3.8, 4) is 11.5 Å². The minimum atomic E-state index is -0.338.